The van der Waals surface area contributed by atoms with Crippen molar-refractivity contribution in [3.05, 3.63) is 26.1 Å². The summed E-state index contributed by atoms with van der Waals surface area (Å²) in [5.41, 5.74) is 6.98. The Balaban J connectivity index is 2.11. The van der Waals surface area contributed by atoms with Crippen LogP contribution in [0.5, 0.6) is 0 Å². The van der Waals surface area contributed by atoms with Crippen molar-refractivity contribution in [3.8, 4) is 10.7 Å². The molecule has 6 heteroatoms. The summed E-state index contributed by atoms with van der Waals surface area (Å²) in [5, 5.41) is 2.02. The molecule has 0 aliphatic heterocycles. The standard InChI is InChI=1S/C11H9Br2N3S/c12-6-3-7(17-4-6)11-15-9(5-1-2-5)8(13)10(14)16-11/h3-5H,1-2H2,(H2,14,15,16). The van der Waals surface area contributed by atoms with Crippen LogP contribution in [0.4, 0.5) is 5.82 Å². The second-order valence-corrected chi connectivity index (χ2v) is 6.66. The molecule has 1 saturated carbocycles. The monoisotopic (exact) mass is 373 g/mol. The van der Waals surface area contributed by atoms with Crippen LogP contribution < -0.4 is 5.73 Å². The molecule has 2 aromatic heterocycles. The maximum absolute atomic E-state index is 5.93. The van der Waals surface area contributed by atoms with Gasteiger partial charge in [-0.2, -0.15) is 0 Å². The van der Waals surface area contributed by atoms with Gasteiger partial charge in [-0.3, -0.25) is 0 Å². The predicted octanol–water partition coefficient (Wildman–Crippen LogP) is 4.19. The quantitative estimate of drug-likeness (QED) is 0.857. The molecule has 0 saturated heterocycles. The van der Waals surface area contributed by atoms with Crippen LogP contribution in [0.3, 0.4) is 0 Å². The molecule has 88 valence electrons. The minimum Gasteiger partial charge on any atom is -0.383 e. The third kappa shape index (κ3) is 2.26. The number of anilines is 1. The van der Waals surface area contributed by atoms with Gasteiger partial charge in [0.15, 0.2) is 5.82 Å². The molecule has 3 nitrogen and oxygen atoms in total. The van der Waals surface area contributed by atoms with Gasteiger partial charge in [0, 0.05) is 15.8 Å². The zero-order valence-electron chi connectivity index (χ0n) is 8.78. The molecule has 2 N–H and O–H groups in total. The Bertz CT molecular complexity index is 578. The van der Waals surface area contributed by atoms with Crippen LogP contribution in [0.1, 0.15) is 24.5 Å². The van der Waals surface area contributed by atoms with E-state index in [1.54, 1.807) is 11.3 Å². The molecule has 0 amide bonds. The van der Waals surface area contributed by atoms with Gasteiger partial charge >= 0.3 is 0 Å². The van der Waals surface area contributed by atoms with Gasteiger partial charge in [-0.15, -0.1) is 11.3 Å². The second-order valence-electron chi connectivity index (χ2n) is 4.04. The fourth-order valence-electron chi connectivity index (χ4n) is 1.65. The van der Waals surface area contributed by atoms with Gasteiger partial charge in [0.1, 0.15) is 5.82 Å². The summed E-state index contributed by atoms with van der Waals surface area (Å²) >= 11 is 8.53. The molecule has 0 spiro atoms. The van der Waals surface area contributed by atoms with Gasteiger partial charge in [-0.25, -0.2) is 9.97 Å². The number of aromatic nitrogens is 2. The fourth-order valence-corrected chi connectivity index (χ4v) is 3.51. The molecule has 3 rings (SSSR count). The molecule has 0 radical (unpaired) electrons. The van der Waals surface area contributed by atoms with Gasteiger partial charge in [0.05, 0.1) is 15.0 Å². The highest BCUT2D eigenvalue weighted by Crippen LogP contribution is 2.44. The molecule has 1 aliphatic carbocycles. The molecule has 1 aliphatic rings. The normalized spacial score (nSPS) is 15.2. The summed E-state index contributed by atoms with van der Waals surface area (Å²) in [7, 11) is 0. The molecule has 1 fully saturated rings. The van der Waals surface area contributed by atoms with E-state index in [1.165, 1.54) is 12.8 Å². The van der Waals surface area contributed by atoms with E-state index in [2.05, 4.69) is 41.8 Å². The molecular weight excluding hydrogens is 366 g/mol. The smallest absolute Gasteiger partial charge is 0.171 e. The highest BCUT2D eigenvalue weighted by molar-refractivity contribution is 9.11. The van der Waals surface area contributed by atoms with E-state index in [1.807, 2.05) is 11.4 Å². The Morgan fingerprint density at radius 1 is 1.29 bits per heavy atom. The lowest BCUT2D eigenvalue weighted by atomic mass is 10.2. The number of nitrogen functional groups attached to an aromatic ring is 1. The Kier molecular flexibility index (Phi) is 2.96. The topological polar surface area (TPSA) is 51.8 Å². The fraction of sp³-hybridized carbons (Fsp3) is 0.273. The second kappa shape index (κ2) is 4.33. The molecule has 2 aromatic rings. The van der Waals surface area contributed by atoms with Crippen LogP contribution in [0, 0.1) is 0 Å². The minimum atomic E-state index is 0.529. The summed E-state index contributed by atoms with van der Waals surface area (Å²) in [5.74, 6) is 1.81. The Morgan fingerprint density at radius 3 is 2.65 bits per heavy atom. The largest absolute Gasteiger partial charge is 0.383 e. The first-order chi connectivity index (χ1) is 8.15. The predicted molar refractivity (Wildman–Crippen MR) is 77.1 cm³/mol. The number of hydrogen-bond acceptors (Lipinski definition) is 4. The maximum atomic E-state index is 5.93. The summed E-state index contributed by atoms with van der Waals surface area (Å²) in [6.45, 7) is 0. The highest BCUT2D eigenvalue weighted by Gasteiger charge is 2.29. The van der Waals surface area contributed by atoms with Gasteiger partial charge in [0.2, 0.25) is 0 Å². The Morgan fingerprint density at radius 2 is 2.06 bits per heavy atom. The van der Waals surface area contributed by atoms with Gasteiger partial charge in [-0.05, 0) is 50.8 Å². The van der Waals surface area contributed by atoms with Crippen molar-refractivity contribution >= 4 is 49.0 Å². The molecule has 2 heterocycles. The van der Waals surface area contributed by atoms with Crippen molar-refractivity contribution in [3.63, 3.8) is 0 Å². The van der Waals surface area contributed by atoms with Crippen molar-refractivity contribution in [2.45, 2.75) is 18.8 Å². The van der Waals surface area contributed by atoms with Crippen LogP contribution >= 0.6 is 43.2 Å². The van der Waals surface area contributed by atoms with Crippen LogP contribution in [0.15, 0.2) is 20.4 Å². The SMILES string of the molecule is Nc1nc(-c2cc(Br)cs2)nc(C2CC2)c1Br. The van der Waals surface area contributed by atoms with Crippen molar-refractivity contribution in [1.29, 1.82) is 0 Å². The summed E-state index contributed by atoms with van der Waals surface area (Å²) in [6, 6.07) is 2.02. The van der Waals surface area contributed by atoms with Gasteiger partial charge in [-0.1, -0.05) is 0 Å². The number of thiophene rings is 1. The number of rotatable bonds is 2. The van der Waals surface area contributed by atoms with E-state index < -0.39 is 0 Å². The average molecular weight is 375 g/mol. The number of hydrogen-bond donors (Lipinski definition) is 1. The van der Waals surface area contributed by atoms with E-state index >= 15 is 0 Å². The zero-order chi connectivity index (χ0) is 12.0. The van der Waals surface area contributed by atoms with Crippen molar-refractivity contribution in [1.82, 2.24) is 9.97 Å². The van der Waals surface area contributed by atoms with Crippen LogP contribution in [-0.2, 0) is 0 Å². The van der Waals surface area contributed by atoms with E-state index in [-0.39, 0.29) is 0 Å². The first-order valence-corrected chi connectivity index (χ1v) is 7.69. The molecule has 17 heavy (non-hydrogen) atoms. The summed E-state index contributed by atoms with van der Waals surface area (Å²) in [6.07, 6.45) is 2.39. The van der Waals surface area contributed by atoms with Gasteiger partial charge in [0.25, 0.3) is 0 Å². The average Bonchev–Trinajstić information content (AvgIpc) is 3.05. The van der Waals surface area contributed by atoms with Crippen LogP contribution in [0.25, 0.3) is 10.7 Å². The lowest BCUT2D eigenvalue weighted by molar-refractivity contribution is 0.986. The molecular formula is C11H9Br2N3S. The lowest BCUT2D eigenvalue weighted by Crippen LogP contribution is -2.01. The first-order valence-electron chi connectivity index (χ1n) is 5.22. The van der Waals surface area contributed by atoms with E-state index in [0.29, 0.717) is 11.7 Å². The highest BCUT2D eigenvalue weighted by atomic mass is 79.9. The number of nitrogens with zero attached hydrogens (tertiary/aromatic N) is 2. The molecule has 0 atom stereocenters. The zero-order valence-corrected chi connectivity index (χ0v) is 12.8. The van der Waals surface area contributed by atoms with E-state index in [0.717, 1.165) is 25.3 Å². The Hall–Kier alpha value is -0.460. The first kappa shape index (κ1) is 11.6. The maximum Gasteiger partial charge on any atom is 0.171 e. The minimum absolute atomic E-state index is 0.529. The number of halogens is 2. The third-order valence-corrected chi connectivity index (χ3v) is 5.15. The third-order valence-electron chi connectivity index (χ3n) is 2.65. The van der Waals surface area contributed by atoms with Crippen molar-refractivity contribution in [2.75, 3.05) is 5.73 Å². The van der Waals surface area contributed by atoms with Crippen LogP contribution in [0.2, 0.25) is 0 Å². The molecule has 0 unspecified atom stereocenters. The molecule has 0 bridgehead atoms. The summed E-state index contributed by atoms with van der Waals surface area (Å²) < 4.78 is 1.91. The Labute approximate surface area is 120 Å². The van der Waals surface area contributed by atoms with E-state index in [4.69, 9.17) is 5.73 Å². The lowest BCUT2D eigenvalue weighted by Gasteiger charge is -2.06. The van der Waals surface area contributed by atoms with Gasteiger partial charge < -0.3 is 5.73 Å². The van der Waals surface area contributed by atoms with E-state index in [9.17, 15) is 0 Å². The number of nitrogens with two attached hydrogens (primary N) is 1. The molecule has 0 aromatic carbocycles. The summed E-state index contributed by atoms with van der Waals surface area (Å²) in [4.78, 5) is 10.0. The van der Waals surface area contributed by atoms with Crippen LogP contribution in [-0.4, -0.2) is 9.97 Å². The van der Waals surface area contributed by atoms with Crippen molar-refractivity contribution < 1.29 is 0 Å². The van der Waals surface area contributed by atoms with Crippen molar-refractivity contribution in [2.24, 2.45) is 0 Å².